The van der Waals surface area contributed by atoms with E-state index in [1.807, 2.05) is 17.6 Å². The number of aliphatic carboxylic acids is 1. The van der Waals surface area contributed by atoms with Crippen LogP contribution in [0.1, 0.15) is 56.8 Å². The number of anilines is 2. The van der Waals surface area contributed by atoms with Gasteiger partial charge >= 0.3 is 5.97 Å². The van der Waals surface area contributed by atoms with E-state index in [0.717, 1.165) is 0 Å². The SMILES string of the molecule is N#Cc1ccc(C(=O)NN)cc1.[C-]#[N+]c1ccc(N[C@@H](C(=O)NNC(=O)c2ccc(C#N)cc2)[C@@H](C)O)c(C)c1Cl.[C-]#[N+]c1ccc(N[C@@H](C(=O)O)[C@@H](C)O)c(C)c1Cl. The molecule has 0 radical (unpaired) electrons. The number of carbonyl (C=O) groups is 4. The Bertz CT molecular complexity index is 2330. The average Bonchev–Trinajstić information content (AvgIpc) is 3.23. The summed E-state index contributed by atoms with van der Waals surface area (Å²) in [5.41, 5.74) is 10.8. The standard InChI is InChI=1S/C20H18ClN5O3.C12H13ClN2O3.C8H7N3O/c1-11-15(8-9-16(23-3)17(11)21)24-18(12(2)27)20(29)26-25-19(28)14-6-4-13(10-22)5-7-14;1-6-8(4-5-9(14-3)10(6)13)15-11(7(2)16)12(17)18;9-5-6-1-3-7(4-2-6)8(12)11-10/h4-9,12,18,24,27H,1-2H3,(H,25,28)(H,26,29);4-5,7,11,15-16H,1-2H3,(H,17,18);1-4H,10H2,(H,11,12)/t12-,18-;7-,11-;/m11./s1. The second kappa shape index (κ2) is 23.1. The molecule has 0 saturated heterocycles. The molecule has 0 aliphatic heterocycles. The van der Waals surface area contributed by atoms with Gasteiger partial charge in [-0.15, -0.1) is 0 Å². The number of carboxylic acids is 1. The Kier molecular flexibility index (Phi) is 18.8. The van der Waals surface area contributed by atoms with Crippen LogP contribution in [0.15, 0.2) is 72.8 Å². The van der Waals surface area contributed by atoms with Crippen LogP contribution in [0.3, 0.4) is 0 Å². The summed E-state index contributed by atoms with van der Waals surface area (Å²) in [6.07, 6.45) is -2.15. The van der Waals surface area contributed by atoms with Gasteiger partial charge in [-0.25, -0.2) is 20.3 Å². The Labute approximate surface area is 349 Å². The molecule has 0 aliphatic rings. The highest BCUT2D eigenvalue weighted by Crippen LogP contribution is 2.34. The first kappa shape index (κ1) is 47.9. The zero-order valence-corrected chi connectivity index (χ0v) is 33.3. The number of benzene rings is 4. The van der Waals surface area contributed by atoms with E-state index in [1.165, 1.54) is 50.2 Å². The number of nitrogens with two attached hydrogens (primary N) is 1. The quantitative estimate of drug-likeness (QED) is 0.0426. The third kappa shape index (κ3) is 13.7. The molecule has 4 aromatic carbocycles. The summed E-state index contributed by atoms with van der Waals surface area (Å²) in [5, 5.41) is 51.7. The van der Waals surface area contributed by atoms with E-state index in [2.05, 4.69) is 31.2 Å². The van der Waals surface area contributed by atoms with Gasteiger partial charge in [0.05, 0.1) is 58.7 Å². The Morgan fingerprint density at radius 2 is 1.07 bits per heavy atom. The largest absolute Gasteiger partial charge is 0.480 e. The predicted octanol–water partition coefficient (Wildman–Crippen LogP) is 5.30. The van der Waals surface area contributed by atoms with Gasteiger partial charge < -0.3 is 26.0 Å². The van der Waals surface area contributed by atoms with Crippen molar-refractivity contribution >= 4 is 69.6 Å². The Morgan fingerprint density at radius 1 is 0.678 bits per heavy atom. The van der Waals surface area contributed by atoms with Crippen LogP contribution >= 0.6 is 23.2 Å². The highest BCUT2D eigenvalue weighted by molar-refractivity contribution is 6.35. The number of nitrogens with one attached hydrogen (secondary N) is 5. The molecular formula is C40H38Cl2N10O7. The molecule has 0 aliphatic carbocycles. The van der Waals surface area contributed by atoms with Crippen LogP contribution in [0, 0.1) is 49.7 Å². The highest BCUT2D eigenvalue weighted by Gasteiger charge is 2.26. The fraction of sp³-hybridized carbons (Fsp3) is 0.200. The third-order valence-corrected chi connectivity index (χ3v) is 9.05. The van der Waals surface area contributed by atoms with Crippen LogP contribution < -0.4 is 32.8 Å². The molecule has 3 amide bonds. The number of hydrogen-bond acceptors (Lipinski definition) is 11. The van der Waals surface area contributed by atoms with Gasteiger partial charge in [-0.2, -0.15) is 10.5 Å². The molecule has 0 aromatic heterocycles. The molecule has 19 heteroatoms. The lowest BCUT2D eigenvalue weighted by Crippen LogP contribution is -2.52. The van der Waals surface area contributed by atoms with Gasteiger partial charge in [-0.05, 0) is 99.5 Å². The Morgan fingerprint density at radius 3 is 1.41 bits per heavy atom. The molecule has 4 atom stereocenters. The molecular weight excluding hydrogens is 803 g/mol. The molecule has 4 rings (SSSR count). The van der Waals surface area contributed by atoms with E-state index in [0.29, 0.717) is 44.9 Å². The number of hydrazine groups is 2. The summed E-state index contributed by atoms with van der Waals surface area (Å²) in [7, 11) is 0. The minimum absolute atomic E-state index is 0.253. The van der Waals surface area contributed by atoms with Crippen molar-refractivity contribution in [1.82, 2.24) is 16.3 Å². The van der Waals surface area contributed by atoms with Crippen LogP contribution in [0.5, 0.6) is 0 Å². The minimum atomic E-state index is -1.16. The highest BCUT2D eigenvalue weighted by atomic mass is 35.5. The number of halogens is 2. The molecule has 59 heavy (non-hydrogen) atoms. The lowest BCUT2D eigenvalue weighted by atomic mass is 10.1. The molecule has 0 heterocycles. The maximum atomic E-state index is 12.5. The predicted molar refractivity (Wildman–Crippen MR) is 220 cm³/mol. The van der Waals surface area contributed by atoms with Gasteiger partial charge in [0, 0.05) is 22.5 Å². The van der Waals surface area contributed by atoms with Crippen LogP contribution in [0.4, 0.5) is 22.7 Å². The van der Waals surface area contributed by atoms with Gasteiger partial charge in [0.1, 0.15) is 6.04 Å². The number of carbonyl (C=O) groups excluding carboxylic acids is 3. The number of aliphatic hydroxyl groups excluding tert-OH is 2. The molecule has 0 saturated carbocycles. The summed E-state index contributed by atoms with van der Waals surface area (Å²) < 4.78 is 0. The van der Waals surface area contributed by atoms with E-state index in [-0.39, 0.29) is 27.2 Å². The summed E-state index contributed by atoms with van der Waals surface area (Å²) in [5.74, 6) is 2.14. The van der Waals surface area contributed by atoms with Crippen molar-refractivity contribution in [3.63, 3.8) is 0 Å². The summed E-state index contributed by atoms with van der Waals surface area (Å²) in [6.45, 7) is 20.2. The number of hydrogen-bond donors (Lipinski definition) is 9. The van der Waals surface area contributed by atoms with Crippen molar-refractivity contribution in [3.05, 3.63) is 139 Å². The van der Waals surface area contributed by atoms with Gasteiger partial charge in [-0.3, -0.25) is 30.7 Å². The molecule has 0 fully saturated rings. The van der Waals surface area contributed by atoms with Gasteiger partial charge in [0.15, 0.2) is 6.04 Å². The first-order valence-electron chi connectivity index (χ1n) is 17.0. The number of rotatable bonds is 10. The van der Waals surface area contributed by atoms with Gasteiger partial charge in [-0.1, -0.05) is 35.3 Å². The van der Waals surface area contributed by atoms with E-state index in [1.54, 1.807) is 50.2 Å². The molecule has 0 bridgehead atoms. The van der Waals surface area contributed by atoms with Gasteiger partial charge in [0.2, 0.25) is 11.4 Å². The van der Waals surface area contributed by atoms with Crippen molar-refractivity contribution in [2.75, 3.05) is 10.6 Å². The number of nitrogens with zero attached hydrogens (tertiary/aromatic N) is 4. The molecule has 304 valence electrons. The lowest BCUT2D eigenvalue weighted by Gasteiger charge is -2.23. The smallest absolute Gasteiger partial charge is 0.328 e. The first-order valence-corrected chi connectivity index (χ1v) is 17.8. The first-order chi connectivity index (χ1) is 27.9. The summed E-state index contributed by atoms with van der Waals surface area (Å²) in [4.78, 5) is 53.0. The molecule has 0 spiro atoms. The van der Waals surface area contributed by atoms with E-state index in [4.69, 9.17) is 57.8 Å². The van der Waals surface area contributed by atoms with Crippen LogP contribution in [-0.2, 0) is 9.59 Å². The van der Waals surface area contributed by atoms with Crippen LogP contribution in [0.25, 0.3) is 9.69 Å². The number of nitrogen functional groups attached to an aromatic ring is 1. The number of amides is 3. The second-order valence-corrected chi connectivity index (χ2v) is 13.0. The maximum absolute atomic E-state index is 12.5. The number of aliphatic hydroxyl groups is 2. The summed E-state index contributed by atoms with van der Waals surface area (Å²) >= 11 is 12.1. The minimum Gasteiger partial charge on any atom is -0.480 e. The topological polar surface area (TPSA) is 271 Å². The normalized spacial score (nSPS) is 11.8. The molecule has 0 unspecified atom stereocenters. The second-order valence-electron chi connectivity index (χ2n) is 12.2. The Hall–Kier alpha value is -7.22. The molecule has 4 aromatic rings. The van der Waals surface area contributed by atoms with E-state index < -0.39 is 42.1 Å². The van der Waals surface area contributed by atoms with Crippen molar-refractivity contribution < 1.29 is 34.5 Å². The number of nitriles is 2. The van der Waals surface area contributed by atoms with Gasteiger partial charge in [0.25, 0.3) is 17.7 Å². The Balaban J connectivity index is 0.000000339. The monoisotopic (exact) mass is 840 g/mol. The molecule has 17 nitrogen and oxygen atoms in total. The van der Waals surface area contributed by atoms with Crippen molar-refractivity contribution in [3.8, 4) is 12.1 Å². The lowest BCUT2D eigenvalue weighted by molar-refractivity contribution is -0.140. The fourth-order valence-corrected chi connectivity index (χ4v) is 5.11. The number of carboxylic acid groups (broad SMARTS) is 1. The van der Waals surface area contributed by atoms with Crippen molar-refractivity contribution in [2.24, 2.45) is 5.84 Å². The van der Waals surface area contributed by atoms with E-state index >= 15 is 0 Å². The van der Waals surface area contributed by atoms with Crippen LogP contribution in [-0.4, -0.2) is 63.3 Å². The van der Waals surface area contributed by atoms with Crippen LogP contribution in [0.2, 0.25) is 10.0 Å². The summed E-state index contributed by atoms with van der Waals surface area (Å²) in [6, 6.07) is 19.9. The fourth-order valence-electron chi connectivity index (χ4n) is 4.70. The molecule has 10 N–H and O–H groups in total. The van der Waals surface area contributed by atoms with E-state index in [9.17, 15) is 29.4 Å². The average molecular weight is 842 g/mol. The zero-order valence-electron chi connectivity index (χ0n) is 31.8. The zero-order chi connectivity index (χ0) is 44.4. The third-order valence-electron chi connectivity index (χ3n) is 8.09. The van der Waals surface area contributed by atoms with Crippen molar-refractivity contribution in [2.45, 2.75) is 52.0 Å². The maximum Gasteiger partial charge on any atom is 0.328 e. The van der Waals surface area contributed by atoms with Crippen molar-refractivity contribution in [1.29, 1.82) is 10.5 Å².